The highest BCUT2D eigenvalue weighted by Gasteiger charge is 2.27. The van der Waals surface area contributed by atoms with Crippen LogP contribution in [0.25, 0.3) is 0 Å². The number of rotatable bonds is 54. The Morgan fingerprint density at radius 1 is 0.480 bits per heavy atom. The zero-order valence-corrected chi connectivity index (χ0v) is 50.1. The zero-order chi connectivity index (χ0) is 55.0. The SMILES string of the molecule is CC/C=C/C/C=C/C/C=C/CCCCCCCCC(=O)NC(COP(=O)([O-])OCC[N+](C)(C)C)C(/C=C/CCCCCCCCCCCC)OC(=O)CCCCCCC/C=C\C/C=C\C/C=C\C/C=C\CCCCC. The van der Waals surface area contributed by atoms with E-state index in [1.54, 1.807) is 0 Å². The van der Waals surface area contributed by atoms with E-state index in [0.717, 1.165) is 135 Å². The summed E-state index contributed by atoms with van der Waals surface area (Å²) in [6.07, 6.45) is 72.2. The molecule has 0 spiro atoms. The molecule has 10 heteroatoms. The van der Waals surface area contributed by atoms with Crippen LogP contribution in [-0.4, -0.2) is 69.4 Å². The van der Waals surface area contributed by atoms with Gasteiger partial charge in [-0.1, -0.05) is 227 Å². The van der Waals surface area contributed by atoms with Gasteiger partial charge in [-0.3, -0.25) is 14.2 Å². The van der Waals surface area contributed by atoms with Gasteiger partial charge in [-0.25, -0.2) is 0 Å². The van der Waals surface area contributed by atoms with Crippen molar-refractivity contribution in [2.75, 3.05) is 40.9 Å². The van der Waals surface area contributed by atoms with Crippen LogP contribution < -0.4 is 10.2 Å². The normalized spacial score (nSPS) is 14.4. The van der Waals surface area contributed by atoms with Crippen molar-refractivity contribution in [1.29, 1.82) is 0 Å². The third kappa shape index (κ3) is 55.5. The topological polar surface area (TPSA) is 114 Å². The Hall–Kier alpha value is -3.07. The first-order valence-electron chi connectivity index (χ1n) is 30.5. The number of hydrogen-bond acceptors (Lipinski definition) is 7. The standard InChI is InChI=1S/C65H115N2O7P/c1-7-10-13-16-19-22-25-28-30-32-33-34-35-36-38-40-43-46-49-52-55-58-65(69)74-63(56-53-50-47-44-41-27-24-21-18-15-12-9-3)62(61-73-75(70,71)72-60-59-67(4,5)6)66-64(68)57-54-51-48-45-42-39-37-31-29-26-23-20-17-14-11-8-2/h11,14,19-20,22-23,28-31,33-34,36,38,53,56,62-63H,7-10,12-13,15-18,21,24-27,32,35,37,39-52,54-55,57-61H2,1-6H3,(H-,66,68,70,71)/b14-11+,22-19-,23-20+,30-28-,31-29+,34-33-,38-36-,56-53+. The van der Waals surface area contributed by atoms with Crippen LogP contribution in [0.5, 0.6) is 0 Å². The van der Waals surface area contributed by atoms with Gasteiger partial charge in [-0.05, 0) is 109 Å². The molecule has 0 bridgehead atoms. The summed E-state index contributed by atoms with van der Waals surface area (Å²) in [5.74, 6) is -0.581. The smallest absolute Gasteiger partial charge is 0.306 e. The zero-order valence-electron chi connectivity index (χ0n) is 49.2. The van der Waals surface area contributed by atoms with Gasteiger partial charge in [0.15, 0.2) is 0 Å². The Bertz CT molecular complexity index is 1610. The van der Waals surface area contributed by atoms with Crippen molar-refractivity contribution in [3.05, 3.63) is 97.2 Å². The molecule has 3 unspecified atom stereocenters. The van der Waals surface area contributed by atoms with Crippen molar-refractivity contribution in [3.63, 3.8) is 0 Å². The molecule has 0 aromatic heterocycles. The van der Waals surface area contributed by atoms with E-state index in [1.807, 2.05) is 33.3 Å². The van der Waals surface area contributed by atoms with Gasteiger partial charge >= 0.3 is 5.97 Å². The number of quaternary nitrogens is 1. The number of phosphoric acid groups is 1. The molecule has 0 aliphatic carbocycles. The fourth-order valence-electron chi connectivity index (χ4n) is 8.28. The number of amides is 1. The van der Waals surface area contributed by atoms with Gasteiger partial charge in [-0.2, -0.15) is 0 Å². The van der Waals surface area contributed by atoms with Crippen LogP contribution in [-0.2, 0) is 27.9 Å². The lowest BCUT2D eigenvalue weighted by Crippen LogP contribution is -2.47. The Kier molecular flexibility index (Phi) is 52.1. The van der Waals surface area contributed by atoms with Crippen LogP contribution in [0.1, 0.15) is 252 Å². The van der Waals surface area contributed by atoms with E-state index in [2.05, 4.69) is 111 Å². The Morgan fingerprint density at radius 3 is 1.31 bits per heavy atom. The van der Waals surface area contributed by atoms with Crippen molar-refractivity contribution < 1.29 is 37.3 Å². The van der Waals surface area contributed by atoms with E-state index >= 15 is 0 Å². The van der Waals surface area contributed by atoms with Crippen LogP contribution in [0.4, 0.5) is 0 Å². The van der Waals surface area contributed by atoms with E-state index in [0.29, 0.717) is 23.9 Å². The van der Waals surface area contributed by atoms with Crippen LogP contribution in [0.3, 0.4) is 0 Å². The fraction of sp³-hybridized carbons (Fsp3) is 0.723. The molecule has 0 radical (unpaired) electrons. The van der Waals surface area contributed by atoms with Crippen molar-refractivity contribution in [1.82, 2.24) is 5.32 Å². The molecule has 0 aromatic carbocycles. The maximum atomic E-state index is 13.5. The molecule has 1 N–H and O–H groups in total. The minimum Gasteiger partial charge on any atom is -0.756 e. The van der Waals surface area contributed by atoms with E-state index in [1.165, 1.54) is 77.0 Å². The van der Waals surface area contributed by atoms with E-state index < -0.39 is 26.6 Å². The number of carbonyl (C=O) groups is 2. The second-order valence-electron chi connectivity index (χ2n) is 21.5. The summed E-state index contributed by atoms with van der Waals surface area (Å²) >= 11 is 0. The quantitative estimate of drug-likeness (QED) is 0.0212. The highest BCUT2D eigenvalue weighted by atomic mass is 31.2. The minimum atomic E-state index is -4.71. The summed E-state index contributed by atoms with van der Waals surface area (Å²) in [5.41, 5.74) is 0. The number of unbranched alkanes of at least 4 members (excludes halogenated alkanes) is 24. The summed E-state index contributed by atoms with van der Waals surface area (Å²) in [7, 11) is 1.15. The van der Waals surface area contributed by atoms with Gasteiger partial charge in [0.1, 0.15) is 19.3 Å². The number of phosphoric ester groups is 1. The third-order valence-electron chi connectivity index (χ3n) is 13.0. The molecule has 432 valence electrons. The van der Waals surface area contributed by atoms with E-state index in [4.69, 9.17) is 13.8 Å². The van der Waals surface area contributed by atoms with Crippen molar-refractivity contribution in [3.8, 4) is 0 Å². The number of carbonyl (C=O) groups excluding carboxylic acids is 2. The maximum Gasteiger partial charge on any atom is 0.306 e. The first-order chi connectivity index (χ1) is 36.4. The van der Waals surface area contributed by atoms with Gasteiger partial charge in [0.25, 0.3) is 7.82 Å². The highest BCUT2D eigenvalue weighted by molar-refractivity contribution is 7.45. The molecule has 3 atom stereocenters. The van der Waals surface area contributed by atoms with Gasteiger partial charge < -0.3 is 28.5 Å². The lowest BCUT2D eigenvalue weighted by atomic mass is 10.0. The highest BCUT2D eigenvalue weighted by Crippen LogP contribution is 2.38. The summed E-state index contributed by atoms with van der Waals surface area (Å²) in [6.45, 7) is 6.67. The predicted molar refractivity (Wildman–Crippen MR) is 321 cm³/mol. The maximum absolute atomic E-state index is 13.5. The average molecular weight is 1070 g/mol. The molecular weight excluding hydrogens is 952 g/mol. The molecule has 0 aromatic rings. The van der Waals surface area contributed by atoms with Crippen molar-refractivity contribution in [2.24, 2.45) is 0 Å². The minimum absolute atomic E-state index is 0.0330. The number of nitrogens with zero attached hydrogens (tertiary/aromatic N) is 1. The van der Waals surface area contributed by atoms with Crippen molar-refractivity contribution >= 4 is 19.7 Å². The third-order valence-corrected chi connectivity index (χ3v) is 14.0. The number of hydrogen-bond donors (Lipinski definition) is 1. The molecule has 9 nitrogen and oxygen atoms in total. The lowest BCUT2D eigenvalue weighted by molar-refractivity contribution is -0.870. The number of allylic oxidation sites excluding steroid dienone is 15. The van der Waals surface area contributed by atoms with E-state index in [-0.39, 0.29) is 24.9 Å². The number of esters is 1. The van der Waals surface area contributed by atoms with Gasteiger partial charge in [0, 0.05) is 12.8 Å². The van der Waals surface area contributed by atoms with Crippen LogP contribution in [0, 0.1) is 0 Å². The number of nitrogens with one attached hydrogen (secondary N) is 1. The first kappa shape index (κ1) is 71.9. The molecule has 0 heterocycles. The lowest BCUT2D eigenvalue weighted by Gasteiger charge is -2.30. The fourth-order valence-corrected chi connectivity index (χ4v) is 9.01. The first-order valence-corrected chi connectivity index (χ1v) is 32.0. The van der Waals surface area contributed by atoms with Gasteiger partial charge in [-0.15, -0.1) is 0 Å². The van der Waals surface area contributed by atoms with Gasteiger partial charge in [0.05, 0.1) is 33.8 Å². The molecule has 0 aliphatic heterocycles. The molecule has 0 aliphatic rings. The van der Waals surface area contributed by atoms with Crippen LogP contribution in [0.2, 0.25) is 0 Å². The largest absolute Gasteiger partial charge is 0.756 e. The predicted octanol–water partition coefficient (Wildman–Crippen LogP) is 18.1. The van der Waals surface area contributed by atoms with Crippen LogP contribution in [0.15, 0.2) is 97.2 Å². The average Bonchev–Trinajstić information content (AvgIpc) is 3.37. The number of likely N-dealkylation sites (N-methyl/N-ethyl adjacent to an activating group) is 1. The summed E-state index contributed by atoms with van der Waals surface area (Å²) < 4.78 is 30.3. The molecule has 0 saturated carbocycles. The molecule has 0 fully saturated rings. The Labute approximate surface area is 462 Å². The van der Waals surface area contributed by atoms with E-state index in [9.17, 15) is 19.0 Å². The van der Waals surface area contributed by atoms with Crippen LogP contribution >= 0.6 is 7.82 Å². The monoisotopic (exact) mass is 1070 g/mol. The Morgan fingerprint density at radius 2 is 0.853 bits per heavy atom. The second-order valence-corrected chi connectivity index (χ2v) is 22.9. The molecule has 75 heavy (non-hydrogen) atoms. The summed E-state index contributed by atoms with van der Waals surface area (Å²) in [5, 5.41) is 3.01. The number of ether oxygens (including phenoxy) is 1. The van der Waals surface area contributed by atoms with Gasteiger partial charge in [0.2, 0.25) is 5.91 Å². The van der Waals surface area contributed by atoms with Crippen molar-refractivity contribution in [2.45, 2.75) is 264 Å². The molecule has 0 rings (SSSR count). The summed E-state index contributed by atoms with van der Waals surface area (Å²) in [6, 6.07) is -0.908. The summed E-state index contributed by atoms with van der Waals surface area (Å²) in [4.78, 5) is 40.0. The second kappa shape index (κ2) is 54.3. The molecule has 1 amide bonds. The Balaban J connectivity index is 5.33. The molecular formula is C65H115N2O7P. The molecule has 0 saturated heterocycles.